The summed E-state index contributed by atoms with van der Waals surface area (Å²) in [6.45, 7) is 2.26. The number of methoxy groups -OCH3 is 1. The van der Waals surface area contributed by atoms with Gasteiger partial charge in [-0.2, -0.15) is 0 Å². The second-order valence-electron chi connectivity index (χ2n) is 7.14. The largest absolute Gasteiger partial charge is 0.497 e. The van der Waals surface area contributed by atoms with Crippen molar-refractivity contribution in [2.45, 2.75) is 24.7 Å². The van der Waals surface area contributed by atoms with Crippen LogP contribution in [-0.4, -0.2) is 48.2 Å². The van der Waals surface area contributed by atoms with Gasteiger partial charge in [0, 0.05) is 55.8 Å². The van der Waals surface area contributed by atoms with Crippen molar-refractivity contribution in [3.63, 3.8) is 0 Å². The van der Waals surface area contributed by atoms with Crippen LogP contribution in [0.3, 0.4) is 0 Å². The molecule has 0 aliphatic carbocycles. The average molecular weight is 410 g/mol. The Morgan fingerprint density at radius 3 is 2.72 bits per heavy atom. The van der Waals surface area contributed by atoms with E-state index < -0.39 is 9.84 Å². The molecular formula is C21H22N4O3S. The van der Waals surface area contributed by atoms with Crippen molar-refractivity contribution < 1.29 is 13.2 Å². The van der Waals surface area contributed by atoms with Gasteiger partial charge >= 0.3 is 0 Å². The Kier molecular flexibility index (Phi) is 5.29. The molecule has 0 saturated heterocycles. The third kappa shape index (κ3) is 4.44. The number of sulfone groups is 1. The maximum atomic E-state index is 11.6. The van der Waals surface area contributed by atoms with Crippen LogP contribution in [0.1, 0.15) is 16.8 Å². The molecule has 2 aromatic heterocycles. The van der Waals surface area contributed by atoms with E-state index in [1.807, 2.05) is 36.5 Å². The van der Waals surface area contributed by atoms with E-state index >= 15 is 0 Å². The third-order valence-electron chi connectivity index (χ3n) is 4.92. The zero-order valence-corrected chi connectivity index (χ0v) is 17.2. The van der Waals surface area contributed by atoms with Gasteiger partial charge in [-0.25, -0.2) is 18.4 Å². The number of hydrogen-bond donors (Lipinski definition) is 0. The van der Waals surface area contributed by atoms with Gasteiger partial charge < -0.3 is 4.74 Å². The van der Waals surface area contributed by atoms with Crippen LogP contribution >= 0.6 is 0 Å². The second kappa shape index (κ2) is 7.88. The van der Waals surface area contributed by atoms with Crippen LogP contribution in [0.15, 0.2) is 53.9 Å². The van der Waals surface area contributed by atoms with Crippen LogP contribution in [-0.2, 0) is 29.3 Å². The quantitative estimate of drug-likeness (QED) is 0.598. The standard InChI is InChI=1S/C21H22N4O3S/c1-28-18-5-3-4-16(10-18)19-7-6-15(11-22-19)13-25-9-8-20-17(14-25)12-23-21(24-20)29(2,26)27/h3-7,10-12H,8-9,13-14H2,1-2H3. The third-order valence-corrected chi connectivity index (χ3v) is 5.78. The summed E-state index contributed by atoms with van der Waals surface area (Å²) in [6.07, 6.45) is 5.37. The number of rotatable bonds is 5. The first kappa shape index (κ1) is 19.5. The van der Waals surface area contributed by atoms with Gasteiger partial charge in [0.05, 0.1) is 18.5 Å². The monoisotopic (exact) mass is 410 g/mol. The Hall–Kier alpha value is -2.84. The van der Waals surface area contributed by atoms with Gasteiger partial charge in [0.2, 0.25) is 15.0 Å². The summed E-state index contributed by atoms with van der Waals surface area (Å²) in [5, 5.41) is -0.0953. The zero-order valence-electron chi connectivity index (χ0n) is 16.4. The Balaban J connectivity index is 1.45. The molecule has 0 fully saturated rings. The minimum atomic E-state index is -3.38. The Morgan fingerprint density at radius 2 is 2.00 bits per heavy atom. The summed E-state index contributed by atoms with van der Waals surface area (Å²) in [4.78, 5) is 15.1. The summed E-state index contributed by atoms with van der Waals surface area (Å²) >= 11 is 0. The maximum absolute atomic E-state index is 11.6. The van der Waals surface area contributed by atoms with E-state index in [2.05, 4.69) is 25.9 Å². The topological polar surface area (TPSA) is 85.3 Å². The number of pyridine rings is 1. The van der Waals surface area contributed by atoms with Crippen molar-refractivity contribution in [1.82, 2.24) is 19.9 Å². The van der Waals surface area contributed by atoms with E-state index in [1.165, 1.54) is 0 Å². The molecule has 4 rings (SSSR count). The molecule has 1 aromatic carbocycles. The second-order valence-corrected chi connectivity index (χ2v) is 9.05. The first-order chi connectivity index (χ1) is 13.9. The highest BCUT2D eigenvalue weighted by Gasteiger charge is 2.21. The molecule has 29 heavy (non-hydrogen) atoms. The molecule has 0 amide bonds. The molecule has 150 valence electrons. The Bertz CT molecular complexity index is 1130. The lowest BCUT2D eigenvalue weighted by atomic mass is 10.1. The molecule has 1 aliphatic rings. The molecule has 0 bridgehead atoms. The maximum Gasteiger partial charge on any atom is 0.246 e. The predicted octanol–water partition coefficient (Wildman–Crippen LogP) is 2.51. The van der Waals surface area contributed by atoms with Crippen molar-refractivity contribution in [2.24, 2.45) is 0 Å². The molecule has 0 unspecified atom stereocenters. The van der Waals surface area contributed by atoms with Gasteiger partial charge in [-0.3, -0.25) is 9.88 Å². The number of fused-ring (bicyclic) bond motifs is 1. The zero-order chi connectivity index (χ0) is 20.4. The minimum Gasteiger partial charge on any atom is -0.497 e. The molecule has 3 aromatic rings. The Labute approximate surface area is 170 Å². The fourth-order valence-electron chi connectivity index (χ4n) is 3.40. The van der Waals surface area contributed by atoms with Gasteiger partial charge in [0.1, 0.15) is 5.75 Å². The van der Waals surface area contributed by atoms with Gasteiger partial charge in [0.15, 0.2) is 0 Å². The van der Waals surface area contributed by atoms with E-state index in [-0.39, 0.29) is 5.16 Å². The van der Waals surface area contributed by atoms with E-state index in [1.54, 1.807) is 13.3 Å². The van der Waals surface area contributed by atoms with E-state index in [4.69, 9.17) is 4.74 Å². The summed E-state index contributed by atoms with van der Waals surface area (Å²) in [6, 6.07) is 11.9. The van der Waals surface area contributed by atoms with Gasteiger partial charge in [-0.15, -0.1) is 0 Å². The lowest BCUT2D eigenvalue weighted by molar-refractivity contribution is 0.242. The van der Waals surface area contributed by atoms with Crippen LogP contribution in [0, 0.1) is 0 Å². The van der Waals surface area contributed by atoms with Crippen molar-refractivity contribution in [3.05, 3.63) is 65.6 Å². The van der Waals surface area contributed by atoms with Gasteiger partial charge in [0.25, 0.3) is 0 Å². The van der Waals surface area contributed by atoms with E-state index in [0.717, 1.165) is 53.2 Å². The van der Waals surface area contributed by atoms with Gasteiger partial charge in [-0.05, 0) is 23.8 Å². The summed E-state index contributed by atoms with van der Waals surface area (Å²) in [7, 11) is -1.73. The highest BCUT2D eigenvalue weighted by molar-refractivity contribution is 7.90. The van der Waals surface area contributed by atoms with Crippen molar-refractivity contribution >= 4 is 9.84 Å². The normalized spacial score (nSPS) is 14.4. The number of benzene rings is 1. The fourth-order valence-corrected chi connectivity index (χ4v) is 3.92. The van der Waals surface area contributed by atoms with E-state index in [0.29, 0.717) is 13.0 Å². The van der Waals surface area contributed by atoms with Crippen LogP contribution in [0.2, 0.25) is 0 Å². The molecule has 3 heterocycles. The highest BCUT2D eigenvalue weighted by atomic mass is 32.2. The fraction of sp³-hybridized carbons (Fsp3) is 0.286. The predicted molar refractivity (Wildman–Crippen MR) is 109 cm³/mol. The summed E-state index contributed by atoms with van der Waals surface area (Å²) < 4.78 is 28.6. The van der Waals surface area contributed by atoms with Crippen molar-refractivity contribution in [2.75, 3.05) is 19.9 Å². The summed E-state index contributed by atoms with van der Waals surface area (Å²) in [5.41, 5.74) is 4.83. The van der Waals surface area contributed by atoms with Crippen LogP contribution in [0.4, 0.5) is 0 Å². The SMILES string of the molecule is COc1cccc(-c2ccc(CN3CCc4nc(S(C)(=O)=O)ncc4C3)cn2)c1. The smallest absolute Gasteiger partial charge is 0.246 e. The first-order valence-corrected chi connectivity index (χ1v) is 11.2. The number of ether oxygens (including phenoxy) is 1. The van der Waals surface area contributed by atoms with Gasteiger partial charge in [-0.1, -0.05) is 18.2 Å². The molecule has 8 heteroatoms. The van der Waals surface area contributed by atoms with Crippen LogP contribution in [0.25, 0.3) is 11.3 Å². The first-order valence-electron chi connectivity index (χ1n) is 9.29. The lowest BCUT2D eigenvalue weighted by Gasteiger charge is -2.27. The van der Waals surface area contributed by atoms with Crippen molar-refractivity contribution in [1.29, 1.82) is 0 Å². The molecule has 0 atom stereocenters. The molecule has 7 nitrogen and oxygen atoms in total. The molecule has 0 radical (unpaired) electrons. The molecule has 0 saturated carbocycles. The highest BCUT2D eigenvalue weighted by Crippen LogP contribution is 2.23. The number of hydrogen-bond acceptors (Lipinski definition) is 7. The van der Waals surface area contributed by atoms with Crippen LogP contribution < -0.4 is 4.74 Å². The molecule has 0 N–H and O–H groups in total. The lowest BCUT2D eigenvalue weighted by Crippen LogP contribution is -2.31. The Morgan fingerprint density at radius 1 is 1.14 bits per heavy atom. The van der Waals surface area contributed by atoms with E-state index in [9.17, 15) is 8.42 Å². The number of aromatic nitrogens is 3. The molecule has 1 aliphatic heterocycles. The van der Waals surface area contributed by atoms with Crippen molar-refractivity contribution in [3.8, 4) is 17.0 Å². The average Bonchev–Trinajstić information content (AvgIpc) is 2.73. The molecular weight excluding hydrogens is 388 g/mol. The summed E-state index contributed by atoms with van der Waals surface area (Å²) in [5.74, 6) is 0.807. The molecule has 0 spiro atoms. The van der Waals surface area contributed by atoms with Crippen LogP contribution in [0.5, 0.6) is 5.75 Å². The minimum absolute atomic E-state index is 0.0953. The number of nitrogens with zero attached hydrogens (tertiary/aromatic N) is 4.